The van der Waals surface area contributed by atoms with E-state index in [2.05, 4.69) is 27.2 Å². The van der Waals surface area contributed by atoms with Gasteiger partial charge in [-0.15, -0.1) is 11.3 Å². The molecule has 0 unspecified atom stereocenters. The van der Waals surface area contributed by atoms with Crippen molar-refractivity contribution in [1.82, 2.24) is 4.98 Å². The third-order valence-electron chi connectivity index (χ3n) is 4.70. The molecule has 0 saturated heterocycles. The van der Waals surface area contributed by atoms with Crippen molar-refractivity contribution in [2.24, 2.45) is 0 Å². The molecule has 1 aromatic heterocycles. The number of thiazole rings is 1. The minimum atomic E-state index is -3.74. The Bertz CT molecular complexity index is 1290. The van der Waals surface area contributed by atoms with Gasteiger partial charge < -0.3 is 10.1 Å². The van der Waals surface area contributed by atoms with Gasteiger partial charge in [0.1, 0.15) is 5.75 Å². The fourth-order valence-electron chi connectivity index (χ4n) is 3.00. The molecule has 1 amide bonds. The monoisotopic (exact) mass is 479 g/mol. The van der Waals surface area contributed by atoms with E-state index in [4.69, 9.17) is 4.74 Å². The standard InChI is InChI=1S/C24H21N3O4S2/c28-23(19-6-10-21(11-7-19)31-16-14-18-4-2-1-3-5-18)26-20-8-12-22(13-9-20)33(29,30)27-24-25-15-17-32-24/h1-13,15,17H,14,16H2,(H,25,27)(H,26,28). The number of hydrogen-bond acceptors (Lipinski definition) is 6. The number of amides is 1. The zero-order valence-corrected chi connectivity index (χ0v) is 19.1. The molecule has 0 aliphatic rings. The third kappa shape index (κ3) is 6.18. The zero-order chi connectivity index (χ0) is 23.1. The molecule has 9 heteroatoms. The highest BCUT2D eigenvalue weighted by atomic mass is 32.2. The van der Waals surface area contributed by atoms with Crippen molar-refractivity contribution in [2.45, 2.75) is 11.3 Å². The highest BCUT2D eigenvalue weighted by molar-refractivity contribution is 7.93. The van der Waals surface area contributed by atoms with Crippen LogP contribution in [0.1, 0.15) is 15.9 Å². The second-order valence-electron chi connectivity index (χ2n) is 7.03. The number of ether oxygens (including phenoxy) is 1. The van der Waals surface area contributed by atoms with Crippen LogP contribution < -0.4 is 14.8 Å². The first kappa shape index (κ1) is 22.5. The van der Waals surface area contributed by atoms with Gasteiger partial charge in [-0.05, 0) is 54.1 Å². The van der Waals surface area contributed by atoms with Gasteiger partial charge in [-0.3, -0.25) is 9.52 Å². The lowest BCUT2D eigenvalue weighted by Gasteiger charge is -2.09. The van der Waals surface area contributed by atoms with Crippen LogP contribution in [0, 0.1) is 0 Å². The van der Waals surface area contributed by atoms with Crippen molar-refractivity contribution in [3.63, 3.8) is 0 Å². The summed E-state index contributed by atoms with van der Waals surface area (Å²) in [6, 6.07) is 22.9. The summed E-state index contributed by atoms with van der Waals surface area (Å²) in [5.41, 5.74) is 2.15. The van der Waals surface area contributed by atoms with E-state index >= 15 is 0 Å². The minimum Gasteiger partial charge on any atom is -0.493 e. The summed E-state index contributed by atoms with van der Waals surface area (Å²) in [4.78, 5) is 16.5. The van der Waals surface area contributed by atoms with Crippen LogP contribution in [0.15, 0.2) is 95.3 Å². The molecule has 0 spiro atoms. The summed E-state index contributed by atoms with van der Waals surface area (Å²) in [6.07, 6.45) is 2.32. The van der Waals surface area contributed by atoms with Crippen molar-refractivity contribution < 1.29 is 17.9 Å². The minimum absolute atomic E-state index is 0.0766. The summed E-state index contributed by atoms with van der Waals surface area (Å²) in [6.45, 7) is 0.544. The van der Waals surface area contributed by atoms with Crippen LogP contribution in [0.2, 0.25) is 0 Å². The summed E-state index contributed by atoms with van der Waals surface area (Å²) < 4.78 is 33.0. The number of hydrogen-bond donors (Lipinski definition) is 2. The number of aromatic nitrogens is 1. The van der Waals surface area contributed by atoms with E-state index in [9.17, 15) is 13.2 Å². The molecule has 0 aliphatic heterocycles. The van der Waals surface area contributed by atoms with Gasteiger partial charge in [0, 0.05) is 29.2 Å². The highest BCUT2D eigenvalue weighted by Gasteiger charge is 2.15. The second-order valence-corrected chi connectivity index (χ2v) is 9.61. The van der Waals surface area contributed by atoms with Crippen molar-refractivity contribution in [2.75, 3.05) is 16.6 Å². The molecule has 3 aromatic carbocycles. The van der Waals surface area contributed by atoms with Gasteiger partial charge in [-0.1, -0.05) is 30.3 Å². The third-order valence-corrected chi connectivity index (χ3v) is 6.87. The highest BCUT2D eigenvalue weighted by Crippen LogP contribution is 2.20. The molecule has 1 heterocycles. The average Bonchev–Trinajstić information content (AvgIpc) is 3.33. The van der Waals surface area contributed by atoms with Crippen molar-refractivity contribution in [1.29, 1.82) is 0 Å². The number of sulfonamides is 1. The molecule has 0 atom stereocenters. The second kappa shape index (κ2) is 10.3. The van der Waals surface area contributed by atoms with Gasteiger partial charge in [-0.25, -0.2) is 13.4 Å². The van der Waals surface area contributed by atoms with Gasteiger partial charge >= 0.3 is 0 Å². The van der Waals surface area contributed by atoms with Gasteiger partial charge in [0.25, 0.3) is 15.9 Å². The lowest BCUT2D eigenvalue weighted by molar-refractivity contribution is 0.102. The molecule has 0 radical (unpaired) electrons. The Morgan fingerprint density at radius 2 is 1.67 bits per heavy atom. The quantitative estimate of drug-likeness (QED) is 0.359. The van der Waals surface area contributed by atoms with Crippen LogP contribution in [0.5, 0.6) is 5.75 Å². The van der Waals surface area contributed by atoms with Gasteiger partial charge in [0.2, 0.25) is 0 Å². The fourth-order valence-corrected chi connectivity index (χ4v) is 4.79. The van der Waals surface area contributed by atoms with Crippen molar-refractivity contribution in [3.05, 3.63) is 102 Å². The molecule has 4 rings (SSSR count). The van der Waals surface area contributed by atoms with Crippen LogP contribution in [0.3, 0.4) is 0 Å². The summed E-state index contributed by atoms with van der Waals surface area (Å²) >= 11 is 1.19. The van der Waals surface area contributed by atoms with Crippen molar-refractivity contribution in [3.8, 4) is 5.75 Å². The van der Waals surface area contributed by atoms with E-state index in [0.717, 1.165) is 6.42 Å². The Hall–Kier alpha value is -3.69. The molecule has 7 nitrogen and oxygen atoms in total. The summed E-state index contributed by atoms with van der Waals surface area (Å²) in [5.74, 6) is 0.382. The number of anilines is 2. The Balaban J connectivity index is 1.31. The molecule has 0 aliphatic carbocycles. The zero-order valence-electron chi connectivity index (χ0n) is 17.5. The van der Waals surface area contributed by atoms with E-state index in [1.54, 1.807) is 29.6 Å². The lowest BCUT2D eigenvalue weighted by atomic mass is 10.2. The van der Waals surface area contributed by atoms with Gasteiger partial charge in [-0.2, -0.15) is 0 Å². The molecule has 0 bridgehead atoms. The fraction of sp³-hybridized carbons (Fsp3) is 0.0833. The number of nitrogens with one attached hydrogen (secondary N) is 2. The Kier molecular flexibility index (Phi) is 7.01. The Labute approximate surface area is 196 Å². The van der Waals surface area contributed by atoms with Crippen LogP contribution in [0.25, 0.3) is 0 Å². The maximum absolute atomic E-state index is 12.5. The first-order chi connectivity index (χ1) is 16.0. The maximum Gasteiger partial charge on any atom is 0.263 e. The van der Waals surface area contributed by atoms with E-state index in [1.165, 1.54) is 47.4 Å². The number of carbonyl (C=O) groups is 1. The molecule has 168 valence electrons. The largest absolute Gasteiger partial charge is 0.493 e. The first-order valence-corrected chi connectivity index (χ1v) is 12.5. The smallest absolute Gasteiger partial charge is 0.263 e. The molecular formula is C24H21N3O4S2. The molecule has 4 aromatic rings. The van der Waals surface area contributed by atoms with E-state index < -0.39 is 10.0 Å². The average molecular weight is 480 g/mol. The molecule has 0 saturated carbocycles. The SMILES string of the molecule is O=C(Nc1ccc(S(=O)(=O)Nc2nccs2)cc1)c1ccc(OCCc2ccccc2)cc1. The van der Waals surface area contributed by atoms with Crippen LogP contribution >= 0.6 is 11.3 Å². The summed E-state index contributed by atoms with van der Waals surface area (Å²) in [7, 11) is -3.74. The predicted molar refractivity (Wildman–Crippen MR) is 129 cm³/mol. The first-order valence-electron chi connectivity index (χ1n) is 10.1. The molecule has 0 fully saturated rings. The summed E-state index contributed by atoms with van der Waals surface area (Å²) in [5, 5.41) is 4.73. The normalized spacial score (nSPS) is 11.0. The maximum atomic E-state index is 12.5. The van der Waals surface area contributed by atoms with Crippen molar-refractivity contribution >= 4 is 38.1 Å². The molecule has 2 N–H and O–H groups in total. The topological polar surface area (TPSA) is 97.4 Å². The van der Waals surface area contributed by atoms with Crippen LogP contribution in [-0.4, -0.2) is 25.9 Å². The molecular weight excluding hydrogens is 458 g/mol. The Morgan fingerprint density at radius 3 is 2.33 bits per heavy atom. The van der Waals surface area contributed by atoms with E-state index in [-0.39, 0.29) is 10.8 Å². The lowest BCUT2D eigenvalue weighted by Crippen LogP contribution is -2.14. The van der Waals surface area contributed by atoms with Crippen LogP contribution in [0.4, 0.5) is 10.8 Å². The van der Waals surface area contributed by atoms with Crippen LogP contribution in [-0.2, 0) is 16.4 Å². The number of rotatable bonds is 9. The predicted octanol–water partition coefficient (Wildman–Crippen LogP) is 4.82. The van der Waals surface area contributed by atoms with Gasteiger partial charge in [0.05, 0.1) is 11.5 Å². The van der Waals surface area contributed by atoms with E-state index in [0.29, 0.717) is 28.7 Å². The Morgan fingerprint density at radius 1 is 0.939 bits per heavy atom. The van der Waals surface area contributed by atoms with E-state index in [1.807, 2.05) is 18.2 Å². The molecule has 33 heavy (non-hydrogen) atoms. The van der Waals surface area contributed by atoms with Gasteiger partial charge in [0.15, 0.2) is 5.13 Å². The number of benzene rings is 3. The number of carbonyl (C=O) groups excluding carboxylic acids is 1. The number of nitrogens with zero attached hydrogens (tertiary/aromatic N) is 1.